The average Bonchev–Trinajstić information content (AvgIpc) is 2.58. The average molecular weight is 327 g/mol. The third kappa shape index (κ3) is 5.57. The molecule has 0 fully saturated rings. The van der Waals surface area contributed by atoms with Gasteiger partial charge in [-0.05, 0) is 23.8 Å². The van der Waals surface area contributed by atoms with E-state index in [4.69, 9.17) is 9.47 Å². The van der Waals surface area contributed by atoms with Gasteiger partial charge in [-0.1, -0.05) is 36.4 Å². The summed E-state index contributed by atoms with van der Waals surface area (Å²) < 4.78 is 9.98. The van der Waals surface area contributed by atoms with Gasteiger partial charge in [-0.25, -0.2) is 0 Å². The molecule has 0 bridgehead atoms. The van der Waals surface area contributed by atoms with Crippen molar-refractivity contribution in [3.8, 4) is 5.75 Å². The number of carbonyl (C=O) groups is 3. The van der Waals surface area contributed by atoms with Gasteiger partial charge in [0.1, 0.15) is 18.9 Å². The number of rotatable bonds is 6. The highest BCUT2D eigenvalue weighted by Crippen LogP contribution is 2.13. The molecule has 2 aromatic carbocycles. The van der Waals surface area contributed by atoms with Gasteiger partial charge in [-0.2, -0.15) is 0 Å². The van der Waals surface area contributed by atoms with E-state index in [1.54, 1.807) is 18.2 Å². The smallest absolute Gasteiger partial charge is 0.325 e. The van der Waals surface area contributed by atoms with E-state index in [0.29, 0.717) is 0 Å². The fraction of sp³-hybridized carbons (Fsp3) is 0.167. The zero-order chi connectivity index (χ0) is 17.4. The van der Waals surface area contributed by atoms with Crippen LogP contribution >= 0.6 is 0 Å². The number of carbonyl (C=O) groups excluding carboxylic acids is 3. The lowest BCUT2D eigenvalue weighted by Gasteiger charge is -2.07. The van der Waals surface area contributed by atoms with Crippen LogP contribution in [0.3, 0.4) is 0 Å². The Morgan fingerprint density at radius 3 is 2.46 bits per heavy atom. The molecule has 2 aromatic rings. The van der Waals surface area contributed by atoms with Crippen molar-refractivity contribution in [3.05, 3.63) is 65.7 Å². The number of esters is 2. The largest absolute Gasteiger partial charge is 0.460 e. The fourth-order valence-electron chi connectivity index (χ4n) is 1.91. The maximum absolute atomic E-state index is 12.0. The first-order chi connectivity index (χ1) is 11.5. The molecule has 0 radical (unpaired) electrons. The molecule has 0 saturated heterocycles. The molecule has 0 unspecified atom stereocenters. The van der Waals surface area contributed by atoms with E-state index in [1.807, 2.05) is 30.3 Å². The predicted molar refractivity (Wildman–Crippen MR) is 86.3 cm³/mol. The lowest BCUT2D eigenvalue weighted by Crippen LogP contribution is -2.30. The molecule has 24 heavy (non-hydrogen) atoms. The molecule has 124 valence electrons. The first-order valence-electron chi connectivity index (χ1n) is 7.31. The summed E-state index contributed by atoms with van der Waals surface area (Å²) in [4.78, 5) is 34.6. The quantitative estimate of drug-likeness (QED) is 0.649. The summed E-state index contributed by atoms with van der Waals surface area (Å²) in [6, 6.07) is 15.4. The van der Waals surface area contributed by atoms with Gasteiger partial charge in [0, 0.05) is 12.5 Å². The van der Waals surface area contributed by atoms with E-state index >= 15 is 0 Å². The number of amides is 1. The Kier molecular flexibility index (Phi) is 6.08. The Morgan fingerprint density at radius 1 is 1.00 bits per heavy atom. The normalized spacial score (nSPS) is 9.88. The molecular formula is C18H17NO5. The standard InChI is InChI=1S/C18H17NO5/c1-13(20)24-16-9-5-8-15(10-16)18(22)19-11-17(21)23-12-14-6-3-2-4-7-14/h2-10H,11-12H2,1H3,(H,19,22). The summed E-state index contributed by atoms with van der Waals surface area (Å²) in [5, 5.41) is 2.46. The molecule has 6 nitrogen and oxygen atoms in total. The number of hydrogen-bond donors (Lipinski definition) is 1. The minimum Gasteiger partial charge on any atom is -0.460 e. The minimum absolute atomic E-state index is 0.150. The van der Waals surface area contributed by atoms with Crippen molar-refractivity contribution < 1.29 is 23.9 Å². The van der Waals surface area contributed by atoms with E-state index < -0.39 is 17.8 Å². The van der Waals surface area contributed by atoms with E-state index in [-0.39, 0.29) is 24.5 Å². The van der Waals surface area contributed by atoms with Gasteiger partial charge in [0.2, 0.25) is 0 Å². The van der Waals surface area contributed by atoms with Gasteiger partial charge in [0.15, 0.2) is 0 Å². The maximum Gasteiger partial charge on any atom is 0.325 e. The molecule has 0 aliphatic heterocycles. The third-order valence-electron chi connectivity index (χ3n) is 2.99. The Hall–Kier alpha value is -3.15. The monoisotopic (exact) mass is 327 g/mol. The van der Waals surface area contributed by atoms with Crippen LogP contribution in [0.1, 0.15) is 22.8 Å². The zero-order valence-corrected chi connectivity index (χ0v) is 13.2. The molecule has 0 aromatic heterocycles. The summed E-state index contributed by atoms with van der Waals surface area (Å²) in [6.07, 6.45) is 0. The first kappa shape index (κ1) is 17.2. The molecule has 0 spiro atoms. The van der Waals surface area contributed by atoms with Crippen molar-refractivity contribution in [1.29, 1.82) is 0 Å². The lowest BCUT2D eigenvalue weighted by molar-refractivity contribution is -0.143. The summed E-state index contributed by atoms with van der Waals surface area (Å²) >= 11 is 0. The minimum atomic E-state index is -0.539. The first-order valence-corrected chi connectivity index (χ1v) is 7.31. The fourth-order valence-corrected chi connectivity index (χ4v) is 1.91. The molecule has 6 heteroatoms. The molecular weight excluding hydrogens is 310 g/mol. The third-order valence-corrected chi connectivity index (χ3v) is 2.99. The number of nitrogens with one attached hydrogen (secondary N) is 1. The van der Waals surface area contributed by atoms with Crippen molar-refractivity contribution in [3.63, 3.8) is 0 Å². The van der Waals surface area contributed by atoms with Gasteiger partial charge in [0.25, 0.3) is 5.91 Å². The van der Waals surface area contributed by atoms with Gasteiger partial charge in [0.05, 0.1) is 0 Å². The van der Waals surface area contributed by atoms with Crippen LogP contribution in [0.2, 0.25) is 0 Å². The predicted octanol–water partition coefficient (Wildman–Crippen LogP) is 2.09. The van der Waals surface area contributed by atoms with Crippen LogP contribution in [0.4, 0.5) is 0 Å². The van der Waals surface area contributed by atoms with Gasteiger partial charge in [-0.15, -0.1) is 0 Å². The maximum atomic E-state index is 12.0. The molecule has 0 aliphatic carbocycles. The van der Waals surface area contributed by atoms with Crippen molar-refractivity contribution in [2.45, 2.75) is 13.5 Å². The van der Waals surface area contributed by atoms with Crippen LogP contribution in [0, 0.1) is 0 Å². The number of ether oxygens (including phenoxy) is 2. The highest BCUT2D eigenvalue weighted by Gasteiger charge is 2.10. The van der Waals surface area contributed by atoms with Crippen molar-refractivity contribution >= 4 is 17.8 Å². The summed E-state index contributed by atoms with van der Waals surface area (Å²) in [5.74, 6) is -1.21. The van der Waals surface area contributed by atoms with E-state index in [9.17, 15) is 14.4 Å². The second-order valence-corrected chi connectivity index (χ2v) is 4.95. The molecule has 0 aliphatic rings. The van der Waals surface area contributed by atoms with Gasteiger partial charge < -0.3 is 14.8 Å². The summed E-state index contributed by atoms with van der Waals surface area (Å²) in [5.41, 5.74) is 1.15. The topological polar surface area (TPSA) is 81.7 Å². The SMILES string of the molecule is CC(=O)Oc1cccc(C(=O)NCC(=O)OCc2ccccc2)c1. The Balaban J connectivity index is 1.82. The second-order valence-electron chi connectivity index (χ2n) is 4.95. The van der Waals surface area contributed by atoms with Crippen LogP contribution in [0.25, 0.3) is 0 Å². The van der Waals surface area contributed by atoms with Crippen LogP contribution < -0.4 is 10.1 Å². The van der Waals surface area contributed by atoms with Crippen LogP contribution in [-0.4, -0.2) is 24.4 Å². The molecule has 0 heterocycles. The molecule has 2 rings (SSSR count). The molecule has 1 N–H and O–H groups in total. The molecule has 0 saturated carbocycles. The second kappa shape index (κ2) is 8.47. The van der Waals surface area contributed by atoms with Crippen molar-refractivity contribution in [2.75, 3.05) is 6.54 Å². The summed E-state index contributed by atoms with van der Waals surface area (Å²) in [6.45, 7) is 1.18. The number of hydrogen-bond acceptors (Lipinski definition) is 5. The Bertz CT molecular complexity index is 727. The molecule has 0 atom stereocenters. The van der Waals surface area contributed by atoms with Crippen molar-refractivity contribution in [1.82, 2.24) is 5.32 Å². The Morgan fingerprint density at radius 2 is 1.75 bits per heavy atom. The molecule has 1 amide bonds. The zero-order valence-electron chi connectivity index (χ0n) is 13.2. The highest BCUT2D eigenvalue weighted by atomic mass is 16.5. The summed E-state index contributed by atoms with van der Waals surface area (Å²) in [7, 11) is 0. The van der Waals surface area contributed by atoms with E-state index in [1.165, 1.54) is 13.0 Å². The Labute approximate surface area is 139 Å². The van der Waals surface area contributed by atoms with Crippen LogP contribution in [-0.2, 0) is 20.9 Å². The van der Waals surface area contributed by atoms with Crippen molar-refractivity contribution in [2.24, 2.45) is 0 Å². The van der Waals surface area contributed by atoms with Gasteiger partial charge in [-0.3, -0.25) is 14.4 Å². The highest BCUT2D eigenvalue weighted by molar-refractivity contribution is 5.96. The van der Waals surface area contributed by atoms with E-state index in [2.05, 4.69) is 5.32 Å². The number of benzene rings is 2. The van der Waals surface area contributed by atoms with Crippen LogP contribution in [0.15, 0.2) is 54.6 Å². The lowest BCUT2D eigenvalue weighted by atomic mass is 10.2. The van der Waals surface area contributed by atoms with E-state index in [0.717, 1.165) is 5.56 Å². The van der Waals surface area contributed by atoms with Gasteiger partial charge >= 0.3 is 11.9 Å². The van der Waals surface area contributed by atoms with Crippen LogP contribution in [0.5, 0.6) is 5.75 Å².